The van der Waals surface area contributed by atoms with Crippen LogP contribution in [0.15, 0.2) is 72.8 Å². The summed E-state index contributed by atoms with van der Waals surface area (Å²) in [5.74, 6) is 2.37. The summed E-state index contributed by atoms with van der Waals surface area (Å²) in [7, 11) is 9.38. The maximum Gasteiger partial charge on any atom is 0.247 e. The number of benzene rings is 4. The van der Waals surface area contributed by atoms with Crippen molar-refractivity contribution in [1.29, 1.82) is 0 Å². The number of aromatic nitrogens is 2. The quantitative estimate of drug-likeness (QED) is 0.193. The Morgan fingerprint density at radius 1 is 0.519 bits per heavy atom. The number of piperazine rings is 1. The van der Waals surface area contributed by atoms with E-state index < -0.39 is 24.2 Å². The molecule has 276 valence electrons. The monoisotopic (exact) mass is 728 g/mol. The minimum atomic E-state index is -0.819. The summed E-state index contributed by atoms with van der Waals surface area (Å²) in [5.41, 5.74) is 6.96. The largest absolute Gasteiger partial charge is 0.493 e. The van der Waals surface area contributed by atoms with E-state index in [1.54, 1.807) is 52.5 Å². The van der Waals surface area contributed by atoms with Gasteiger partial charge in [-0.2, -0.15) is 0 Å². The minimum Gasteiger partial charge on any atom is -0.493 e. The van der Waals surface area contributed by atoms with Crippen LogP contribution in [0.25, 0.3) is 21.8 Å². The summed E-state index contributed by atoms with van der Waals surface area (Å²) in [6.07, 6.45) is 0.658. The number of nitrogens with zero attached hydrogens (tertiary/aromatic N) is 2. The Bertz CT molecular complexity index is 2260. The van der Waals surface area contributed by atoms with E-state index in [9.17, 15) is 0 Å². The van der Waals surface area contributed by atoms with Crippen molar-refractivity contribution in [3.05, 3.63) is 106 Å². The van der Waals surface area contributed by atoms with Gasteiger partial charge in [-0.1, -0.05) is 36.4 Å². The van der Waals surface area contributed by atoms with Crippen LogP contribution in [0.3, 0.4) is 0 Å². The van der Waals surface area contributed by atoms with Crippen LogP contribution in [-0.2, 0) is 22.4 Å². The molecule has 5 heterocycles. The molecule has 4 atom stereocenters. The molecule has 9 rings (SSSR count). The van der Waals surface area contributed by atoms with Crippen molar-refractivity contribution >= 4 is 33.6 Å². The molecule has 1 saturated heterocycles. The number of hydrogen-bond donors (Lipinski definition) is 2. The number of ether oxygens (including phenoxy) is 6. The average Bonchev–Trinajstić information content (AvgIpc) is 3.78. The van der Waals surface area contributed by atoms with E-state index in [-0.39, 0.29) is 11.8 Å². The fraction of sp³-hybridized carbons (Fsp3) is 0.286. The van der Waals surface area contributed by atoms with Gasteiger partial charge in [0.15, 0.2) is 23.0 Å². The Morgan fingerprint density at radius 2 is 0.870 bits per heavy atom. The Labute approximate surface area is 311 Å². The topological polar surface area (TPSA) is 128 Å². The van der Waals surface area contributed by atoms with Crippen LogP contribution in [0.5, 0.6) is 34.5 Å². The van der Waals surface area contributed by atoms with Gasteiger partial charge in [-0.15, -0.1) is 0 Å². The molecule has 12 heteroatoms. The molecular weight excluding hydrogens is 688 g/mol. The van der Waals surface area contributed by atoms with Gasteiger partial charge in [0.2, 0.25) is 23.3 Å². The fourth-order valence-electron chi connectivity index (χ4n) is 9.06. The highest BCUT2D eigenvalue weighted by Crippen LogP contribution is 2.52. The third-order valence-electron chi connectivity index (χ3n) is 11.3. The number of para-hydroxylation sites is 2. The lowest BCUT2D eigenvalue weighted by Crippen LogP contribution is -2.69. The Balaban J connectivity index is 1.28. The van der Waals surface area contributed by atoms with Gasteiger partial charge in [-0.05, 0) is 58.7 Å². The normalized spacial score (nSPS) is 20.3. The van der Waals surface area contributed by atoms with Crippen molar-refractivity contribution in [3.8, 4) is 34.5 Å². The third kappa shape index (κ3) is 4.68. The summed E-state index contributed by atoms with van der Waals surface area (Å²) in [4.78, 5) is 41.9. The maximum absolute atomic E-state index is 15.5. The number of H-pyrrole nitrogens is 2. The van der Waals surface area contributed by atoms with Gasteiger partial charge in [0.05, 0.1) is 54.7 Å². The first-order valence-corrected chi connectivity index (χ1v) is 17.8. The van der Waals surface area contributed by atoms with Gasteiger partial charge < -0.3 is 48.2 Å². The highest BCUT2D eigenvalue weighted by Gasteiger charge is 2.56. The molecule has 0 radical (unpaired) electrons. The zero-order valence-corrected chi connectivity index (χ0v) is 30.8. The highest BCUT2D eigenvalue weighted by atomic mass is 16.5. The van der Waals surface area contributed by atoms with Gasteiger partial charge in [0, 0.05) is 46.0 Å². The molecule has 2 amide bonds. The molecule has 2 aromatic heterocycles. The van der Waals surface area contributed by atoms with Crippen molar-refractivity contribution < 1.29 is 38.0 Å². The van der Waals surface area contributed by atoms with E-state index in [1.165, 1.54) is 0 Å². The molecular formula is C42H40N4O8. The number of fused-ring (bicyclic) bond motifs is 8. The smallest absolute Gasteiger partial charge is 0.247 e. The second-order valence-electron chi connectivity index (χ2n) is 13.8. The van der Waals surface area contributed by atoms with Crippen LogP contribution in [-0.4, -0.2) is 86.3 Å². The predicted octanol–water partition coefficient (Wildman–Crippen LogP) is 6.10. The highest BCUT2D eigenvalue weighted by molar-refractivity contribution is 6.01. The summed E-state index contributed by atoms with van der Waals surface area (Å²) in [6.45, 7) is 0. The van der Waals surface area contributed by atoms with Crippen LogP contribution in [0.4, 0.5) is 0 Å². The zero-order valence-electron chi connectivity index (χ0n) is 30.8. The predicted molar refractivity (Wildman–Crippen MR) is 201 cm³/mol. The van der Waals surface area contributed by atoms with Crippen LogP contribution in [0, 0.1) is 0 Å². The molecule has 0 spiro atoms. The molecule has 4 aromatic carbocycles. The van der Waals surface area contributed by atoms with Crippen molar-refractivity contribution in [2.45, 2.75) is 37.0 Å². The van der Waals surface area contributed by atoms with Crippen molar-refractivity contribution in [2.75, 3.05) is 42.7 Å². The SMILES string of the molecule is COc1cc([C@@H]2c3[nH]c4ccccc4c3C[C@H]3C(=O)N4[C@H](c5cc(OC)c(OC)c(OC)c5)c5[nH]c6ccccc6c5C[C@H]4C(=O)N23)cc(OC)c1OC. The van der Waals surface area contributed by atoms with E-state index >= 15 is 9.59 Å². The van der Waals surface area contributed by atoms with Crippen molar-refractivity contribution in [2.24, 2.45) is 0 Å². The molecule has 0 bridgehead atoms. The molecule has 3 aliphatic heterocycles. The molecule has 1 fully saturated rings. The van der Waals surface area contributed by atoms with Gasteiger partial charge in [-0.3, -0.25) is 9.59 Å². The van der Waals surface area contributed by atoms with Crippen LogP contribution < -0.4 is 28.4 Å². The number of nitrogens with one attached hydrogen (secondary N) is 2. The summed E-state index contributed by atoms with van der Waals surface area (Å²) in [6, 6.07) is 20.6. The van der Waals surface area contributed by atoms with Crippen molar-refractivity contribution in [1.82, 2.24) is 19.8 Å². The van der Waals surface area contributed by atoms with Crippen LogP contribution in [0.1, 0.15) is 45.7 Å². The number of hydrogen-bond acceptors (Lipinski definition) is 8. The number of carbonyl (C=O) groups excluding carboxylic acids is 2. The second kappa shape index (κ2) is 12.7. The van der Waals surface area contributed by atoms with Gasteiger partial charge >= 0.3 is 0 Å². The molecule has 0 unspecified atom stereocenters. The molecule has 0 saturated carbocycles. The van der Waals surface area contributed by atoms with E-state index in [0.29, 0.717) is 47.3 Å². The first-order chi connectivity index (χ1) is 26.3. The molecule has 12 nitrogen and oxygen atoms in total. The van der Waals surface area contributed by atoms with E-state index in [2.05, 4.69) is 22.1 Å². The average molecular weight is 729 g/mol. The third-order valence-corrected chi connectivity index (χ3v) is 11.3. The Morgan fingerprint density at radius 3 is 1.20 bits per heavy atom. The maximum atomic E-state index is 15.5. The minimum absolute atomic E-state index is 0.156. The van der Waals surface area contributed by atoms with E-state index in [0.717, 1.165) is 55.4 Å². The zero-order chi connectivity index (χ0) is 37.4. The summed E-state index contributed by atoms with van der Waals surface area (Å²) < 4.78 is 34.5. The van der Waals surface area contributed by atoms with Crippen molar-refractivity contribution in [3.63, 3.8) is 0 Å². The number of methoxy groups -OCH3 is 6. The van der Waals surface area contributed by atoms with E-state index in [1.807, 2.05) is 60.7 Å². The van der Waals surface area contributed by atoms with Gasteiger partial charge in [0.1, 0.15) is 12.1 Å². The lowest BCUT2D eigenvalue weighted by molar-refractivity contribution is -0.167. The molecule has 6 aromatic rings. The first-order valence-electron chi connectivity index (χ1n) is 17.8. The van der Waals surface area contributed by atoms with Gasteiger partial charge in [-0.25, -0.2) is 0 Å². The molecule has 54 heavy (non-hydrogen) atoms. The molecule has 0 aliphatic carbocycles. The summed E-state index contributed by atoms with van der Waals surface area (Å²) in [5, 5.41) is 2.01. The lowest BCUT2D eigenvalue weighted by atomic mass is 9.80. The Kier molecular flexibility index (Phi) is 7.87. The number of carbonyl (C=O) groups is 2. The Hall–Kier alpha value is -6.30. The standard InChI is InChI=1S/C42H40N4O8/c1-49-31-15-21(16-32(50-2)39(31)53-5)37-35-25(23-11-7-9-13-27(23)43-35)19-29-42(48)46-30(41(47)45(29)37)20-26-24-12-8-10-14-28(24)44-36(26)38(46)22-17-33(51-3)40(54-6)34(18-22)52-4/h7-18,29-30,37-38,43-44H,19-20H2,1-6H3/t29-,30-,37+,38+/m0/s1. The lowest BCUT2D eigenvalue weighted by Gasteiger charge is -2.53. The van der Waals surface area contributed by atoms with Crippen LogP contribution in [0.2, 0.25) is 0 Å². The molecule has 2 N–H and O–H groups in total. The first kappa shape index (κ1) is 33.5. The summed E-state index contributed by atoms with van der Waals surface area (Å²) >= 11 is 0. The number of aromatic amines is 2. The van der Waals surface area contributed by atoms with Crippen LogP contribution >= 0.6 is 0 Å². The second-order valence-corrected chi connectivity index (χ2v) is 13.8. The number of amides is 2. The molecule has 3 aliphatic rings. The van der Waals surface area contributed by atoms with Gasteiger partial charge in [0.25, 0.3) is 0 Å². The number of rotatable bonds is 8. The fourth-order valence-corrected chi connectivity index (χ4v) is 9.06. The van der Waals surface area contributed by atoms with E-state index in [4.69, 9.17) is 28.4 Å².